The zero-order valence-corrected chi connectivity index (χ0v) is 16.9. The summed E-state index contributed by atoms with van der Waals surface area (Å²) < 4.78 is 12.8. The number of amides is 1. The second-order valence-electron chi connectivity index (χ2n) is 7.76. The third-order valence-corrected chi connectivity index (χ3v) is 5.54. The van der Waals surface area contributed by atoms with Crippen molar-refractivity contribution < 1.29 is 13.9 Å². The average molecular weight is 418 g/mol. The van der Waals surface area contributed by atoms with Crippen LogP contribution in [0.15, 0.2) is 58.1 Å². The van der Waals surface area contributed by atoms with Crippen LogP contribution in [0.4, 0.5) is 0 Å². The molecule has 3 heterocycles. The summed E-state index contributed by atoms with van der Waals surface area (Å²) >= 11 is 0. The molecule has 4 aromatic rings. The number of benzene rings is 1. The number of carbonyl (C=O) groups is 1. The number of aromatic nitrogens is 3. The summed E-state index contributed by atoms with van der Waals surface area (Å²) in [5, 5.41) is 3.61. The first-order valence-electron chi connectivity index (χ1n) is 10.4. The van der Waals surface area contributed by atoms with Gasteiger partial charge < -0.3 is 14.5 Å². The largest absolute Gasteiger partial charge is 0.474 e. The number of ether oxygens (including phenoxy) is 1. The van der Waals surface area contributed by atoms with E-state index < -0.39 is 0 Å². The quantitative estimate of drug-likeness (QED) is 0.516. The van der Waals surface area contributed by atoms with Crippen LogP contribution in [0, 0.1) is 0 Å². The van der Waals surface area contributed by atoms with Gasteiger partial charge in [0.05, 0.1) is 6.33 Å². The van der Waals surface area contributed by atoms with Crippen molar-refractivity contribution in [3.63, 3.8) is 0 Å². The summed E-state index contributed by atoms with van der Waals surface area (Å²) in [5.41, 5.74) is 1.75. The van der Waals surface area contributed by atoms with Crippen molar-refractivity contribution in [2.24, 2.45) is 0 Å². The van der Waals surface area contributed by atoms with Gasteiger partial charge in [0, 0.05) is 24.2 Å². The molecule has 1 fully saturated rings. The Morgan fingerprint density at radius 2 is 2.03 bits per heavy atom. The number of pyridine rings is 1. The van der Waals surface area contributed by atoms with Gasteiger partial charge in [0.2, 0.25) is 17.4 Å². The molecule has 1 aliphatic carbocycles. The van der Waals surface area contributed by atoms with Gasteiger partial charge in [-0.2, -0.15) is 0 Å². The summed E-state index contributed by atoms with van der Waals surface area (Å²) in [6.45, 7) is 0.173. The van der Waals surface area contributed by atoms with E-state index in [1.807, 2.05) is 30.3 Å². The molecular weight excluding hydrogens is 396 g/mol. The molecule has 0 spiro atoms. The number of hydrogen-bond donors (Lipinski definition) is 1. The minimum atomic E-state index is -0.382. The maximum atomic E-state index is 12.7. The van der Waals surface area contributed by atoms with Gasteiger partial charge in [-0.15, -0.1) is 0 Å². The number of carbonyl (C=O) groups excluding carboxylic acids is 1. The fourth-order valence-electron chi connectivity index (χ4n) is 3.94. The normalized spacial score (nSPS) is 14.3. The van der Waals surface area contributed by atoms with Gasteiger partial charge in [-0.1, -0.05) is 12.1 Å². The van der Waals surface area contributed by atoms with Gasteiger partial charge >= 0.3 is 0 Å². The van der Waals surface area contributed by atoms with Crippen molar-refractivity contribution in [1.29, 1.82) is 0 Å². The molecule has 0 radical (unpaired) electrons. The molecule has 0 bridgehead atoms. The molecule has 1 aliphatic rings. The van der Waals surface area contributed by atoms with Crippen LogP contribution in [0.1, 0.15) is 31.2 Å². The molecule has 5 rings (SSSR count). The fraction of sp³-hybridized carbons (Fsp3) is 0.304. The molecule has 3 aromatic heterocycles. The van der Waals surface area contributed by atoms with Gasteiger partial charge in [-0.25, -0.2) is 9.97 Å². The molecule has 1 amide bonds. The van der Waals surface area contributed by atoms with Crippen LogP contribution in [0.5, 0.6) is 5.88 Å². The number of nitrogens with one attached hydrogen (secondary N) is 1. The molecule has 1 N–H and O–H groups in total. The highest BCUT2D eigenvalue weighted by Crippen LogP contribution is 2.24. The predicted octanol–water partition coefficient (Wildman–Crippen LogP) is 3.18. The summed E-state index contributed by atoms with van der Waals surface area (Å²) in [6.07, 6.45) is 7.78. The lowest BCUT2D eigenvalue weighted by atomic mass is 10.2. The Morgan fingerprint density at radius 3 is 2.90 bits per heavy atom. The monoisotopic (exact) mass is 418 g/mol. The zero-order chi connectivity index (χ0) is 21.2. The van der Waals surface area contributed by atoms with E-state index in [4.69, 9.17) is 9.15 Å². The van der Waals surface area contributed by atoms with Crippen molar-refractivity contribution in [1.82, 2.24) is 19.9 Å². The van der Waals surface area contributed by atoms with Crippen LogP contribution in [0.3, 0.4) is 0 Å². The first-order valence-corrected chi connectivity index (χ1v) is 10.4. The maximum absolute atomic E-state index is 12.7. The Kier molecular flexibility index (Phi) is 5.11. The molecule has 158 valence electrons. The molecular formula is C23H22N4O4. The molecule has 0 atom stereocenters. The molecule has 1 aromatic carbocycles. The number of fused-ring (bicyclic) bond motifs is 3. The molecule has 31 heavy (non-hydrogen) atoms. The Hall–Kier alpha value is -3.68. The van der Waals surface area contributed by atoms with Gasteiger partial charge in [0.15, 0.2) is 0 Å². The lowest BCUT2D eigenvalue weighted by molar-refractivity contribution is -0.121. The Balaban J connectivity index is 1.25. The zero-order valence-electron chi connectivity index (χ0n) is 16.9. The number of furan rings is 1. The van der Waals surface area contributed by atoms with Crippen molar-refractivity contribution in [3.05, 3.63) is 64.8 Å². The number of nitrogens with zero attached hydrogens (tertiary/aromatic N) is 3. The van der Waals surface area contributed by atoms with Crippen LogP contribution in [0.25, 0.3) is 22.1 Å². The van der Waals surface area contributed by atoms with Crippen molar-refractivity contribution in [2.75, 3.05) is 0 Å². The smallest absolute Gasteiger partial charge is 0.297 e. The Morgan fingerprint density at radius 1 is 1.19 bits per heavy atom. The van der Waals surface area contributed by atoms with E-state index in [0.717, 1.165) is 23.8 Å². The Bertz CT molecular complexity index is 1300. The van der Waals surface area contributed by atoms with E-state index in [2.05, 4.69) is 15.3 Å². The minimum Gasteiger partial charge on any atom is -0.474 e. The highest BCUT2D eigenvalue weighted by Gasteiger charge is 2.17. The lowest BCUT2D eigenvalue weighted by Crippen LogP contribution is -2.32. The Labute approximate surface area is 177 Å². The maximum Gasteiger partial charge on any atom is 0.297 e. The SMILES string of the molecule is O=C(Cn1cnc2c(oc3ccccc32)c1=O)NCc1ccnc(OC2CCCC2)c1. The third kappa shape index (κ3) is 4.01. The van der Waals surface area contributed by atoms with E-state index in [0.29, 0.717) is 23.5 Å². The summed E-state index contributed by atoms with van der Waals surface area (Å²) in [7, 11) is 0. The first kappa shape index (κ1) is 19.3. The number of rotatable bonds is 6. The highest BCUT2D eigenvalue weighted by atomic mass is 16.5. The summed E-state index contributed by atoms with van der Waals surface area (Å²) in [4.78, 5) is 33.8. The van der Waals surface area contributed by atoms with E-state index in [9.17, 15) is 9.59 Å². The molecule has 0 unspecified atom stereocenters. The van der Waals surface area contributed by atoms with E-state index in [1.54, 1.807) is 12.3 Å². The van der Waals surface area contributed by atoms with Crippen LogP contribution >= 0.6 is 0 Å². The fourth-order valence-corrected chi connectivity index (χ4v) is 3.94. The topological polar surface area (TPSA) is 99.2 Å². The van der Waals surface area contributed by atoms with Crippen LogP contribution in [-0.4, -0.2) is 26.5 Å². The van der Waals surface area contributed by atoms with E-state index in [-0.39, 0.29) is 29.7 Å². The molecule has 8 nitrogen and oxygen atoms in total. The first-order chi connectivity index (χ1) is 15.2. The molecule has 1 saturated carbocycles. The third-order valence-electron chi connectivity index (χ3n) is 5.54. The van der Waals surface area contributed by atoms with Gasteiger partial charge in [0.1, 0.15) is 23.7 Å². The average Bonchev–Trinajstić information content (AvgIpc) is 3.42. The lowest BCUT2D eigenvalue weighted by Gasteiger charge is -2.13. The van der Waals surface area contributed by atoms with Crippen molar-refractivity contribution in [3.8, 4) is 5.88 Å². The van der Waals surface area contributed by atoms with Crippen LogP contribution in [0.2, 0.25) is 0 Å². The standard InChI is InChI=1S/C23H22N4O4/c28-19(25-12-15-9-10-24-20(11-15)30-16-5-1-2-6-16)13-27-14-26-21-17-7-3-4-8-18(17)31-22(21)23(27)29/h3-4,7-11,14,16H,1-2,5-6,12-13H2,(H,25,28). The van der Waals surface area contributed by atoms with Crippen molar-refractivity contribution in [2.45, 2.75) is 44.9 Å². The molecule has 8 heteroatoms. The summed E-state index contributed by atoms with van der Waals surface area (Å²) in [6, 6.07) is 11.0. The van der Waals surface area contributed by atoms with Crippen LogP contribution < -0.4 is 15.6 Å². The van der Waals surface area contributed by atoms with Crippen LogP contribution in [-0.2, 0) is 17.9 Å². The number of hydrogen-bond acceptors (Lipinski definition) is 6. The number of para-hydroxylation sites is 1. The molecule has 0 saturated heterocycles. The van der Waals surface area contributed by atoms with Gasteiger partial charge in [-0.05, 0) is 49.4 Å². The predicted molar refractivity (Wildman–Crippen MR) is 115 cm³/mol. The molecule has 0 aliphatic heterocycles. The van der Waals surface area contributed by atoms with Gasteiger partial charge in [-0.3, -0.25) is 14.2 Å². The second-order valence-corrected chi connectivity index (χ2v) is 7.76. The van der Waals surface area contributed by atoms with E-state index >= 15 is 0 Å². The highest BCUT2D eigenvalue weighted by molar-refractivity contribution is 6.01. The van der Waals surface area contributed by atoms with E-state index in [1.165, 1.54) is 23.7 Å². The summed E-state index contributed by atoms with van der Waals surface area (Å²) in [5.74, 6) is 0.281. The van der Waals surface area contributed by atoms with Gasteiger partial charge in [0.25, 0.3) is 5.56 Å². The minimum absolute atomic E-state index is 0.144. The van der Waals surface area contributed by atoms with Crippen molar-refractivity contribution >= 4 is 28.0 Å². The second kappa shape index (κ2) is 8.22.